The van der Waals surface area contributed by atoms with Gasteiger partial charge in [-0.3, -0.25) is 4.79 Å². The average Bonchev–Trinajstić information content (AvgIpc) is 2.54. The number of allylic oxidation sites excluding steroid dienone is 1. The first kappa shape index (κ1) is 19.3. The Morgan fingerprint density at radius 2 is 1.64 bits per heavy atom. The summed E-state index contributed by atoms with van der Waals surface area (Å²) in [5, 5.41) is 0.0892. The van der Waals surface area contributed by atoms with Crippen molar-refractivity contribution in [2.45, 2.75) is 84.4 Å². The van der Waals surface area contributed by atoms with Crippen LogP contribution in [0.3, 0.4) is 0 Å². The van der Waals surface area contributed by atoms with Gasteiger partial charge in [0.15, 0.2) is 14.1 Å². The topological polar surface area (TPSA) is 35.5 Å². The van der Waals surface area contributed by atoms with Crippen LogP contribution in [-0.4, -0.2) is 31.9 Å². The van der Waals surface area contributed by atoms with Gasteiger partial charge < -0.3 is 9.16 Å². The summed E-state index contributed by atoms with van der Waals surface area (Å²) in [7, 11) is -1.99. The lowest BCUT2D eigenvalue weighted by molar-refractivity contribution is -0.141. The molecule has 3 nitrogen and oxygen atoms in total. The molecule has 4 heteroatoms. The van der Waals surface area contributed by atoms with E-state index in [9.17, 15) is 4.79 Å². The van der Waals surface area contributed by atoms with Crippen molar-refractivity contribution >= 4 is 14.1 Å². The number of ketones is 1. The van der Waals surface area contributed by atoms with Gasteiger partial charge in [-0.2, -0.15) is 0 Å². The minimum atomic E-state index is -1.99. The number of carbonyl (C=O) groups is 1. The Hall–Kier alpha value is -0.713. The molecule has 0 aromatic rings. The predicted octanol–water partition coefficient (Wildman–Crippen LogP) is 4.65. The molecule has 1 aliphatic rings. The molecular formula is C18H32O3Si. The van der Waals surface area contributed by atoms with Crippen LogP contribution in [0.5, 0.6) is 0 Å². The summed E-state index contributed by atoms with van der Waals surface area (Å²) in [6.45, 7) is 18.9. The van der Waals surface area contributed by atoms with E-state index in [-0.39, 0.29) is 22.5 Å². The summed E-state index contributed by atoms with van der Waals surface area (Å²) in [6, 6.07) is 0. The highest BCUT2D eigenvalue weighted by atomic mass is 28.4. The van der Waals surface area contributed by atoms with Gasteiger partial charge in [0.1, 0.15) is 12.2 Å². The Kier molecular flexibility index (Phi) is 5.64. The zero-order valence-electron chi connectivity index (χ0n) is 15.6. The molecule has 0 radical (unpaired) electrons. The molecule has 0 saturated carbocycles. The molecule has 126 valence electrons. The van der Waals surface area contributed by atoms with E-state index in [0.29, 0.717) is 0 Å². The quantitative estimate of drug-likeness (QED) is 0.706. The Labute approximate surface area is 136 Å². The molecule has 0 aliphatic heterocycles. The maximum atomic E-state index is 12.4. The number of hydrogen-bond acceptors (Lipinski definition) is 3. The van der Waals surface area contributed by atoms with Gasteiger partial charge in [-0.15, -0.1) is 0 Å². The summed E-state index contributed by atoms with van der Waals surface area (Å²) in [5.74, 6) is 0.00624. The Morgan fingerprint density at radius 1 is 1.09 bits per heavy atom. The molecule has 0 spiro atoms. The molecule has 0 unspecified atom stereocenters. The van der Waals surface area contributed by atoms with Crippen molar-refractivity contribution in [2.24, 2.45) is 0 Å². The molecular weight excluding hydrogens is 292 g/mol. The first-order chi connectivity index (χ1) is 9.78. The fraction of sp³-hybridized carbons (Fsp3) is 0.722. The van der Waals surface area contributed by atoms with Crippen molar-refractivity contribution in [3.05, 3.63) is 23.8 Å². The third-order valence-corrected chi connectivity index (χ3v) is 8.72. The van der Waals surface area contributed by atoms with E-state index in [1.54, 1.807) is 6.08 Å². The summed E-state index contributed by atoms with van der Waals surface area (Å²) in [4.78, 5) is 12.4. The third-order valence-electron chi connectivity index (χ3n) is 4.26. The van der Waals surface area contributed by atoms with E-state index in [0.717, 1.165) is 5.57 Å². The highest BCUT2D eigenvalue weighted by molar-refractivity contribution is 6.74. The molecule has 1 aliphatic carbocycles. The van der Waals surface area contributed by atoms with Gasteiger partial charge >= 0.3 is 0 Å². The molecule has 22 heavy (non-hydrogen) atoms. The van der Waals surface area contributed by atoms with Crippen LogP contribution < -0.4 is 0 Å². The van der Waals surface area contributed by atoms with Gasteiger partial charge in [0.25, 0.3) is 0 Å². The molecule has 0 saturated heterocycles. The number of hydrogen-bond donors (Lipinski definition) is 0. The Bertz CT molecular complexity index is 476. The van der Waals surface area contributed by atoms with Crippen LogP contribution in [0.15, 0.2) is 23.8 Å². The fourth-order valence-corrected chi connectivity index (χ4v) is 3.36. The van der Waals surface area contributed by atoms with E-state index in [2.05, 4.69) is 33.9 Å². The normalized spacial score (nSPS) is 24.2. The second-order valence-electron chi connectivity index (χ2n) is 8.50. The summed E-state index contributed by atoms with van der Waals surface area (Å²) in [5.41, 5.74) is 0.542. The zero-order chi connectivity index (χ0) is 17.3. The minimum absolute atomic E-state index is 0.00624. The van der Waals surface area contributed by atoms with Gasteiger partial charge in [-0.25, -0.2) is 0 Å². The summed E-state index contributed by atoms with van der Waals surface area (Å²) < 4.78 is 12.6. The molecule has 1 rings (SSSR count). The lowest BCUT2D eigenvalue weighted by Crippen LogP contribution is -2.49. The van der Waals surface area contributed by atoms with Crippen molar-refractivity contribution < 1.29 is 14.0 Å². The zero-order valence-corrected chi connectivity index (χ0v) is 16.6. The number of ether oxygens (including phenoxy) is 1. The van der Waals surface area contributed by atoms with Crippen LogP contribution in [-0.2, 0) is 14.0 Å². The molecule has 0 bridgehead atoms. The van der Waals surface area contributed by atoms with Crippen LogP contribution in [0.2, 0.25) is 18.1 Å². The molecule has 0 N–H and O–H groups in total. The lowest BCUT2D eigenvalue weighted by atomic mass is 10.1. The summed E-state index contributed by atoms with van der Waals surface area (Å²) in [6.07, 6.45) is 4.74. The van der Waals surface area contributed by atoms with E-state index in [4.69, 9.17) is 9.16 Å². The van der Waals surface area contributed by atoms with Crippen LogP contribution in [0.25, 0.3) is 0 Å². The van der Waals surface area contributed by atoms with Crippen LogP contribution in [0.4, 0.5) is 0 Å². The van der Waals surface area contributed by atoms with Crippen LogP contribution >= 0.6 is 0 Å². The van der Waals surface area contributed by atoms with E-state index in [1.807, 2.05) is 39.8 Å². The standard InChI is InChI=1S/C18H32O3Si/c1-10-11-13-12-14(19)16(20-17(2,3)4)15(13)21-22(8,9)18(5,6)7/h10-12,15-16H,1-9H3/b11-10+/t15-,16-/m0/s1. The first-order valence-electron chi connectivity index (χ1n) is 8.02. The first-order valence-corrected chi connectivity index (χ1v) is 10.9. The maximum absolute atomic E-state index is 12.4. The smallest absolute Gasteiger partial charge is 0.193 e. The van der Waals surface area contributed by atoms with Crippen molar-refractivity contribution in [3.8, 4) is 0 Å². The minimum Gasteiger partial charge on any atom is -0.407 e. The number of rotatable bonds is 4. The van der Waals surface area contributed by atoms with Crippen LogP contribution in [0, 0.1) is 0 Å². The Morgan fingerprint density at radius 3 is 2.05 bits per heavy atom. The monoisotopic (exact) mass is 324 g/mol. The fourth-order valence-electron chi connectivity index (χ4n) is 2.11. The van der Waals surface area contributed by atoms with Gasteiger partial charge in [0.2, 0.25) is 0 Å². The average molecular weight is 325 g/mol. The van der Waals surface area contributed by atoms with Gasteiger partial charge in [0, 0.05) is 0 Å². The van der Waals surface area contributed by atoms with Crippen molar-refractivity contribution in [1.29, 1.82) is 0 Å². The van der Waals surface area contributed by atoms with E-state index >= 15 is 0 Å². The van der Waals surface area contributed by atoms with Crippen molar-refractivity contribution in [3.63, 3.8) is 0 Å². The second-order valence-corrected chi connectivity index (χ2v) is 13.3. The highest BCUT2D eigenvalue weighted by Gasteiger charge is 2.46. The molecule has 0 aromatic carbocycles. The highest BCUT2D eigenvalue weighted by Crippen LogP contribution is 2.40. The summed E-state index contributed by atoms with van der Waals surface area (Å²) >= 11 is 0. The van der Waals surface area contributed by atoms with E-state index in [1.165, 1.54) is 0 Å². The molecule has 2 atom stereocenters. The second kappa shape index (κ2) is 6.42. The molecule has 0 amide bonds. The number of carbonyl (C=O) groups excluding carboxylic acids is 1. The largest absolute Gasteiger partial charge is 0.407 e. The Balaban J connectivity index is 3.12. The molecule has 0 fully saturated rings. The van der Waals surface area contributed by atoms with Crippen molar-refractivity contribution in [1.82, 2.24) is 0 Å². The lowest BCUT2D eigenvalue weighted by Gasteiger charge is -2.40. The molecule has 0 heterocycles. The predicted molar refractivity (Wildman–Crippen MR) is 94.6 cm³/mol. The van der Waals surface area contributed by atoms with Gasteiger partial charge in [0.05, 0.1) is 5.60 Å². The molecule has 0 aromatic heterocycles. The van der Waals surface area contributed by atoms with Gasteiger partial charge in [-0.05, 0) is 57.5 Å². The van der Waals surface area contributed by atoms with Gasteiger partial charge in [-0.1, -0.05) is 32.9 Å². The SMILES string of the molecule is C/C=C/C1=CC(=O)[C@H](OC(C)(C)C)[C@H]1O[Si](C)(C)C(C)(C)C. The third kappa shape index (κ3) is 4.64. The van der Waals surface area contributed by atoms with Crippen LogP contribution in [0.1, 0.15) is 48.5 Å². The van der Waals surface area contributed by atoms with Crippen molar-refractivity contribution in [2.75, 3.05) is 0 Å². The maximum Gasteiger partial charge on any atom is 0.193 e. The van der Waals surface area contributed by atoms with E-state index < -0.39 is 14.4 Å².